The smallest absolute Gasteiger partial charge is 0.161 e. The van der Waals surface area contributed by atoms with E-state index in [1.807, 2.05) is 18.2 Å². The first kappa shape index (κ1) is 16.8. The van der Waals surface area contributed by atoms with Crippen molar-refractivity contribution in [2.75, 3.05) is 55.0 Å². The van der Waals surface area contributed by atoms with Gasteiger partial charge in [-0.2, -0.15) is 0 Å². The Morgan fingerprint density at radius 2 is 1.70 bits per heavy atom. The summed E-state index contributed by atoms with van der Waals surface area (Å²) in [5, 5.41) is 0. The molecule has 20 heavy (non-hydrogen) atoms. The largest absolute Gasteiger partial charge is 0.493 e. The van der Waals surface area contributed by atoms with Gasteiger partial charge in [0.2, 0.25) is 0 Å². The predicted molar refractivity (Wildman–Crippen MR) is 82.5 cm³/mol. The Labute approximate surface area is 122 Å². The Hall–Kier alpha value is -1.30. The molecule has 5 nitrogen and oxygen atoms in total. The van der Waals surface area contributed by atoms with Gasteiger partial charge in [-0.3, -0.25) is 4.90 Å². The van der Waals surface area contributed by atoms with Crippen molar-refractivity contribution in [2.24, 2.45) is 5.73 Å². The monoisotopic (exact) mass is 281 g/mol. The molecule has 0 bridgehead atoms. The maximum absolute atomic E-state index is 5.95. The van der Waals surface area contributed by atoms with Gasteiger partial charge in [0.25, 0.3) is 0 Å². The molecule has 1 atom stereocenters. The summed E-state index contributed by atoms with van der Waals surface area (Å²) >= 11 is 0. The van der Waals surface area contributed by atoms with E-state index < -0.39 is 0 Å². The third kappa shape index (κ3) is 4.37. The van der Waals surface area contributed by atoms with E-state index in [9.17, 15) is 0 Å². The first-order valence-electron chi connectivity index (χ1n) is 6.80. The fraction of sp³-hybridized carbons (Fsp3) is 0.600. The minimum atomic E-state index is 0.176. The molecule has 0 aliphatic heterocycles. The summed E-state index contributed by atoms with van der Waals surface area (Å²) in [5.41, 5.74) is 7.09. The summed E-state index contributed by atoms with van der Waals surface area (Å²) in [6.07, 6.45) is 0. The van der Waals surface area contributed by atoms with Crippen molar-refractivity contribution < 1.29 is 9.47 Å². The predicted octanol–water partition coefficient (Wildman–Crippen LogP) is 1.20. The zero-order chi connectivity index (χ0) is 15.1. The molecule has 1 unspecified atom stereocenters. The van der Waals surface area contributed by atoms with Crippen LogP contribution in [-0.4, -0.2) is 64.8 Å². The van der Waals surface area contributed by atoms with Gasteiger partial charge in [-0.25, -0.2) is 0 Å². The summed E-state index contributed by atoms with van der Waals surface area (Å²) in [4.78, 5) is 4.43. The molecule has 2 N–H and O–H groups in total. The van der Waals surface area contributed by atoms with Gasteiger partial charge < -0.3 is 20.1 Å². The average molecular weight is 281 g/mol. The van der Waals surface area contributed by atoms with E-state index in [4.69, 9.17) is 15.2 Å². The number of ether oxygens (including phenoxy) is 2. The molecule has 0 radical (unpaired) electrons. The molecule has 1 aromatic carbocycles. The highest BCUT2D eigenvalue weighted by molar-refractivity contribution is 5.43. The van der Waals surface area contributed by atoms with Gasteiger partial charge in [0.05, 0.1) is 14.2 Å². The van der Waals surface area contributed by atoms with Gasteiger partial charge in [-0.1, -0.05) is 6.07 Å². The van der Waals surface area contributed by atoms with Crippen molar-refractivity contribution in [3.63, 3.8) is 0 Å². The fourth-order valence-electron chi connectivity index (χ4n) is 2.14. The van der Waals surface area contributed by atoms with Gasteiger partial charge in [0.1, 0.15) is 0 Å². The second kappa shape index (κ2) is 8.09. The molecule has 0 saturated heterocycles. The van der Waals surface area contributed by atoms with Crippen LogP contribution in [0.5, 0.6) is 11.5 Å². The molecule has 1 rings (SSSR count). The highest BCUT2D eigenvalue weighted by Gasteiger charge is 2.17. The number of likely N-dealkylation sites (N-methyl/N-ethyl adjacent to an activating group) is 2. The quantitative estimate of drug-likeness (QED) is 0.776. The van der Waals surface area contributed by atoms with Crippen LogP contribution >= 0.6 is 0 Å². The lowest BCUT2D eigenvalue weighted by Gasteiger charge is -2.28. The van der Waals surface area contributed by atoms with Crippen LogP contribution < -0.4 is 15.2 Å². The minimum Gasteiger partial charge on any atom is -0.493 e. The second-order valence-electron chi connectivity index (χ2n) is 5.15. The van der Waals surface area contributed by atoms with Gasteiger partial charge >= 0.3 is 0 Å². The lowest BCUT2D eigenvalue weighted by atomic mass is 10.0. The van der Waals surface area contributed by atoms with Crippen LogP contribution in [0.4, 0.5) is 0 Å². The Morgan fingerprint density at radius 3 is 2.20 bits per heavy atom. The zero-order valence-electron chi connectivity index (χ0n) is 13.2. The number of nitrogens with two attached hydrogens (primary N) is 1. The van der Waals surface area contributed by atoms with E-state index in [-0.39, 0.29) is 6.04 Å². The molecule has 0 aromatic heterocycles. The highest BCUT2D eigenvalue weighted by Crippen LogP contribution is 2.31. The molecule has 0 heterocycles. The third-order valence-electron chi connectivity index (χ3n) is 3.45. The van der Waals surface area contributed by atoms with Crippen molar-refractivity contribution in [3.8, 4) is 11.5 Å². The summed E-state index contributed by atoms with van der Waals surface area (Å²) in [6.45, 7) is 2.53. The standard InChI is InChI=1S/C15H27N3O2/c1-17(2)8-9-18(3)13(11-16)12-6-7-14(19-4)15(10-12)20-5/h6-7,10,13H,8-9,11,16H2,1-5H3. The van der Waals surface area contributed by atoms with Gasteiger partial charge in [0.15, 0.2) is 11.5 Å². The van der Waals surface area contributed by atoms with Crippen molar-refractivity contribution in [2.45, 2.75) is 6.04 Å². The number of methoxy groups -OCH3 is 2. The van der Waals surface area contributed by atoms with Crippen LogP contribution in [0.1, 0.15) is 11.6 Å². The first-order chi connectivity index (χ1) is 9.53. The second-order valence-corrected chi connectivity index (χ2v) is 5.15. The Bertz CT molecular complexity index is 410. The molecule has 0 amide bonds. The van der Waals surface area contributed by atoms with Crippen LogP contribution in [-0.2, 0) is 0 Å². The van der Waals surface area contributed by atoms with Crippen LogP contribution in [0, 0.1) is 0 Å². The number of hydrogen-bond donors (Lipinski definition) is 1. The van der Waals surface area contributed by atoms with Gasteiger partial charge in [0, 0.05) is 25.7 Å². The molecule has 5 heteroatoms. The van der Waals surface area contributed by atoms with E-state index in [1.165, 1.54) is 0 Å². The van der Waals surface area contributed by atoms with E-state index in [0.29, 0.717) is 6.54 Å². The normalized spacial score (nSPS) is 12.8. The number of rotatable bonds is 8. The third-order valence-corrected chi connectivity index (χ3v) is 3.45. The Morgan fingerprint density at radius 1 is 1.05 bits per heavy atom. The SMILES string of the molecule is COc1ccc(C(CN)N(C)CCN(C)C)cc1OC. The molecule has 0 spiro atoms. The summed E-state index contributed by atoms with van der Waals surface area (Å²) in [7, 11) is 9.52. The summed E-state index contributed by atoms with van der Waals surface area (Å²) in [5.74, 6) is 1.48. The lowest BCUT2D eigenvalue weighted by Crippen LogP contribution is -2.35. The highest BCUT2D eigenvalue weighted by atomic mass is 16.5. The van der Waals surface area contributed by atoms with E-state index in [1.54, 1.807) is 14.2 Å². The molecular formula is C15H27N3O2. The van der Waals surface area contributed by atoms with Crippen LogP contribution in [0.15, 0.2) is 18.2 Å². The van der Waals surface area contributed by atoms with Crippen molar-refractivity contribution in [1.29, 1.82) is 0 Å². The van der Waals surface area contributed by atoms with Crippen LogP contribution in [0.25, 0.3) is 0 Å². The van der Waals surface area contributed by atoms with Crippen molar-refractivity contribution in [1.82, 2.24) is 9.80 Å². The average Bonchev–Trinajstić information content (AvgIpc) is 2.45. The molecule has 0 fully saturated rings. The van der Waals surface area contributed by atoms with E-state index in [0.717, 1.165) is 30.2 Å². The number of nitrogens with zero attached hydrogens (tertiary/aromatic N) is 2. The van der Waals surface area contributed by atoms with Crippen LogP contribution in [0.2, 0.25) is 0 Å². The maximum atomic E-state index is 5.95. The minimum absolute atomic E-state index is 0.176. The van der Waals surface area contributed by atoms with Crippen molar-refractivity contribution in [3.05, 3.63) is 23.8 Å². The maximum Gasteiger partial charge on any atom is 0.161 e. The molecule has 1 aromatic rings. The Balaban J connectivity index is 2.88. The fourth-order valence-corrected chi connectivity index (χ4v) is 2.14. The van der Waals surface area contributed by atoms with Gasteiger partial charge in [-0.15, -0.1) is 0 Å². The summed E-state index contributed by atoms with van der Waals surface area (Å²) in [6, 6.07) is 6.15. The number of hydrogen-bond acceptors (Lipinski definition) is 5. The molecular weight excluding hydrogens is 254 g/mol. The number of benzene rings is 1. The Kier molecular flexibility index (Phi) is 6.78. The summed E-state index contributed by atoms with van der Waals surface area (Å²) < 4.78 is 10.6. The molecule has 114 valence electrons. The van der Waals surface area contributed by atoms with E-state index in [2.05, 4.69) is 30.9 Å². The molecule has 0 aliphatic carbocycles. The first-order valence-corrected chi connectivity index (χ1v) is 6.80. The topological polar surface area (TPSA) is 51.0 Å². The van der Waals surface area contributed by atoms with Gasteiger partial charge in [-0.05, 0) is 38.8 Å². The van der Waals surface area contributed by atoms with Crippen molar-refractivity contribution >= 4 is 0 Å². The lowest BCUT2D eigenvalue weighted by molar-refractivity contribution is 0.222. The molecule has 0 saturated carbocycles. The van der Waals surface area contributed by atoms with E-state index >= 15 is 0 Å². The van der Waals surface area contributed by atoms with Crippen LogP contribution in [0.3, 0.4) is 0 Å². The zero-order valence-corrected chi connectivity index (χ0v) is 13.2. The molecule has 0 aliphatic rings.